The number of hydrogen-bond acceptors (Lipinski definition) is 5. The average molecular weight is 328 g/mol. The van der Waals surface area contributed by atoms with Crippen LogP contribution in [0.5, 0.6) is 0 Å². The van der Waals surface area contributed by atoms with Crippen LogP contribution >= 0.6 is 34.7 Å². The van der Waals surface area contributed by atoms with Gasteiger partial charge in [0.05, 0.1) is 4.34 Å². The van der Waals surface area contributed by atoms with Gasteiger partial charge >= 0.3 is 0 Å². The van der Waals surface area contributed by atoms with Gasteiger partial charge in [-0.3, -0.25) is 9.89 Å². The number of hydrogen-bond donors (Lipinski definition) is 1. The van der Waals surface area contributed by atoms with Crippen molar-refractivity contribution >= 4 is 34.7 Å². The van der Waals surface area contributed by atoms with E-state index in [0.29, 0.717) is 16.8 Å². The van der Waals surface area contributed by atoms with Gasteiger partial charge in [0, 0.05) is 11.7 Å². The van der Waals surface area contributed by atoms with Crippen molar-refractivity contribution in [1.29, 1.82) is 0 Å². The molecule has 20 heavy (non-hydrogen) atoms. The van der Waals surface area contributed by atoms with Crippen LogP contribution in [0.2, 0.25) is 4.34 Å². The molecular formula is C13H14ClN3OS2. The number of rotatable bonds is 4. The molecule has 0 saturated heterocycles. The number of nitrogens with zero attached hydrogens (tertiary/aromatic N) is 2. The number of aromatic amines is 1. The number of aromatic nitrogens is 3. The monoisotopic (exact) mass is 327 g/mol. The summed E-state index contributed by atoms with van der Waals surface area (Å²) >= 11 is 8.86. The van der Waals surface area contributed by atoms with Crippen LogP contribution in [0.15, 0.2) is 21.4 Å². The Labute approximate surface area is 130 Å². The van der Waals surface area contributed by atoms with E-state index in [1.54, 1.807) is 0 Å². The Morgan fingerprint density at radius 1 is 1.45 bits per heavy atom. The molecule has 2 heterocycles. The molecule has 1 saturated carbocycles. The van der Waals surface area contributed by atoms with Crippen LogP contribution in [0.3, 0.4) is 0 Å². The summed E-state index contributed by atoms with van der Waals surface area (Å²) < 4.78 is 0.775. The topological polar surface area (TPSA) is 58.6 Å². The van der Waals surface area contributed by atoms with E-state index in [0.717, 1.165) is 28.5 Å². The zero-order valence-corrected chi connectivity index (χ0v) is 13.2. The first-order valence-electron chi connectivity index (χ1n) is 6.54. The second kappa shape index (κ2) is 6.28. The molecule has 1 fully saturated rings. The van der Waals surface area contributed by atoms with Crippen LogP contribution in [-0.4, -0.2) is 15.2 Å². The Morgan fingerprint density at radius 3 is 2.90 bits per heavy atom. The minimum Gasteiger partial charge on any atom is -0.265 e. The summed E-state index contributed by atoms with van der Waals surface area (Å²) in [4.78, 5) is 16.1. The largest absolute Gasteiger partial charge is 0.295 e. The molecule has 0 amide bonds. The van der Waals surface area contributed by atoms with Crippen molar-refractivity contribution in [2.75, 3.05) is 0 Å². The van der Waals surface area contributed by atoms with Crippen LogP contribution in [0, 0.1) is 0 Å². The summed E-state index contributed by atoms with van der Waals surface area (Å²) in [6.07, 6.45) is 4.47. The molecule has 0 bridgehead atoms. The summed E-state index contributed by atoms with van der Waals surface area (Å²) in [6, 6.07) is 1.93. The highest BCUT2D eigenvalue weighted by Gasteiger charge is 2.22. The second-order valence-electron chi connectivity index (χ2n) is 4.86. The molecule has 0 unspecified atom stereocenters. The predicted octanol–water partition coefficient (Wildman–Crippen LogP) is 3.83. The second-order valence-corrected chi connectivity index (χ2v) is 7.37. The fraction of sp³-hybridized carbons (Fsp3) is 0.462. The van der Waals surface area contributed by atoms with Gasteiger partial charge in [0.15, 0.2) is 5.16 Å². The normalized spacial score (nSPS) is 15.8. The van der Waals surface area contributed by atoms with E-state index in [4.69, 9.17) is 11.6 Å². The lowest BCUT2D eigenvalue weighted by Gasteiger charge is -2.06. The first-order valence-corrected chi connectivity index (χ1v) is 8.79. The minimum absolute atomic E-state index is 0.179. The maximum absolute atomic E-state index is 12.0. The molecule has 106 valence electrons. The molecule has 0 atom stereocenters. The smallest absolute Gasteiger partial charge is 0.265 e. The van der Waals surface area contributed by atoms with Crippen molar-refractivity contribution in [3.63, 3.8) is 0 Å². The van der Waals surface area contributed by atoms with E-state index in [1.807, 2.05) is 11.4 Å². The molecule has 0 aromatic carbocycles. The number of nitrogens with one attached hydrogen (secondary N) is 1. The maximum Gasteiger partial charge on any atom is 0.295 e. The van der Waals surface area contributed by atoms with E-state index < -0.39 is 0 Å². The maximum atomic E-state index is 12.0. The van der Waals surface area contributed by atoms with E-state index in [-0.39, 0.29) is 5.56 Å². The molecule has 7 heteroatoms. The third-order valence-corrected chi connectivity index (χ3v) is 5.51. The third-order valence-electron chi connectivity index (χ3n) is 3.43. The molecule has 4 nitrogen and oxygen atoms in total. The van der Waals surface area contributed by atoms with Crippen molar-refractivity contribution in [3.05, 3.63) is 37.4 Å². The fourth-order valence-electron chi connectivity index (χ4n) is 2.43. The van der Waals surface area contributed by atoms with Gasteiger partial charge in [-0.05, 0) is 29.9 Å². The van der Waals surface area contributed by atoms with E-state index >= 15 is 0 Å². The molecule has 2 aromatic heterocycles. The lowest BCUT2D eigenvalue weighted by Crippen LogP contribution is -2.19. The Kier molecular flexibility index (Phi) is 4.43. The quantitative estimate of drug-likeness (QED) is 0.867. The molecule has 1 aliphatic rings. The molecule has 0 radical (unpaired) electrons. The Hall–Kier alpha value is -0.850. The lowest BCUT2D eigenvalue weighted by atomic mass is 10.1. The van der Waals surface area contributed by atoms with Crippen molar-refractivity contribution in [1.82, 2.24) is 15.2 Å². The Balaban J connectivity index is 1.68. The van der Waals surface area contributed by atoms with E-state index in [1.165, 1.54) is 35.9 Å². The highest BCUT2D eigenvalue weighted by molar-refractivity contribution is 7.98. The highest BCUT2D eigenvalue weighted by atomic mass is 35.5. The van der Waals surface area contributed by atoms with Crippen molar-refractivity contribution < 1.29 is 0 Å². The zero-order chi connectivity index (χ0) is 13.9. The number of halogens is 1. The van der Waals surface area contributed by atoms with E-state index in [2.05, 4.69) is 15.2 Å². The summed E-state index contributed by atoms with van der Waals surface area (Å²) in [5.74, 6) is 1.03. The van der Waals surface area contributed by atoms with Gasteiger partial charge in [-0.1, -0.05) is 36.2 Å². The van der Waals surface area contributed by atoms with Crippen molar-refractivity contribution in [2.24, 2.45) is 0 Å². The molecule has 3 rings (SSSR count). The van der Waals surface area contributed by atoms with Gasteiger partial charge in [0.1, 0.15) is 5.69 Å². The van der Waals surface area contributed by atoms with Crippen LogP contribution < -0.4 is 5.56 Å². The molecule has 0 aliphatic heterocycles. The summed E-state index contributed by atoms with van der Waals surface area (Å²) in [5, 5.41) is 9.71. The predicted molar refractivity (Wildman–Crippen MR) is 82.8 cm³/mol. The van der Waals surface area contributed by atoms with Gasteiger partial charge in [-0.2, -0.15) is 10.1 Å². The van der Waals surface area contributed by atoms with Gasteiger partial charge < -0.3 is 0 Å². The van der Waals surface area contributed by atoms with Gasteiger partial charge in [-0.25, -0.2) is 0 Å². The molecule has 1 aliphatic carbocycles. The highest BCUT2D eigenvalue weighted by Crippen LogP contribution is 2.31. The van der Waals surface area contributed by atoms with Gasteiger partial charge in [-0.15, -0.1) is 11.3 Å². The van der Waals surface area contributed by atoms with E-state index in [9.17, 15) is 4.79 Å². The van der Waals surface area contributed by atoms with Gasteiger partial charge in [0.25, 0.3) is 5.56 Å². The molecular weight excluding hydrogens is 314 g/mol. The third kappa shape index (κ3) is 3.24. The fourth-order valence-corrected chi connectivity index (χ4v) is 4.17. The number of thioether (sulfide) groups is 1. The van der Waals surface area contributed by atoms with Crippen molar-refractivity contribution in [3.8, 4) is 0 Å². The van der Waals surface area contributed by atoms with Gasteiger partial charge in [0.2, 0.25) is 0 Å². The summed E-state index contributed by atoms with van der Waals surface area (Å²) in [7, 11) is 0. The van der Waals surface area contributed by atoms with Crippen LogP contribution in [0.4, 0.5) is 0 Å². The SMILES string of the molecule is O=c1nc(SCc2csc(Cl)c2)[nH]nc1C1CCCC1. The molecule has 2 aromatic rings. The summed E-state index contributed by atoms with van der Waals surface area (Å²) in [6.45, 7) is 0. The minimum atomic E-state index is -0.179. The van der Waals surface area contributed by atoms with Crippen molar-refractivity contribution in [2.45, 2.75) is 42.5 Å². The zero-order valence-electron chi connectivity index (χ0n) is 10.8. The van der Waals surface area contributed by atoms with Crippen LogP contribution in [-0.2, 0) is 5.75 Å². The van der Waals surface area contributed by atoms with Crippen LogP contribution in [0.25, 0.3) is 0 Å². The average Bonchev–Trinajstić information content (AvgIpc) is 3.08. The first-order chi connectivity index (χ1) is 9.72. The Morgan fingerprint density at radius 2 is 2.25 bits per heavy atom. The lowest BCUT2D eigenvalue weighted by molar-refractivity contribution is 0.640. The Bertz CT molecular complexity index is 649. The number of H-pyrrole nitrogens is 1. The van der Waals surface area contributed by atoms with Crippen LogP contribution in [0.1, 0.15) is 42.9 Å². The first kappa shape index (κ1) is 14.1. The summed E-state index contributed by atoms with van der Waals surface area (Å²) in [5.41, 5.74) is 1.56. The standard InChI is InChI=1S/C13H14ClN3OS2/c14-10-5-8(6-19-10)7-20-13-15-12(18)11(16-17-13)9-3-1-2-4-9/h5-6,9H,1-4,7H2,(H,15,17,18). The molecule has 1 N–H and O–H groups in total. The molecule has 0 spiro atoms. The number of thiophene rings is 1.